The molecule has 0 fully saturated rings. The molecule has 0 spiro atoms. The summed E-state index contributed by atoms with van der Waals surface area (Å²) in [6.45, 7) is 11.0. The highest BCUT2D eigenvalue weighted by Gasteiger charge is 2.15. The van der Waals surface area contributed by atoms with Crippen LogP contribution < -0.4 is 14.8 Å². The van der Waals surface area contributed by atoms with Crippen molar-refractivity contribution in [3.8, 4) is 5.75 Å². The fraction of sp³-hybridized carbons (Fsp3) is 0.409. The molecule has 0 bridgehead atoms. The molecule has 30 heavy (non-hydrogen) atoms. The lowest BCUT2D eigenvalue weighted by Gasteiger charge is -2.24. The maximum Gasteiger partial charge on any atom is 0.261 e. The van der Waals surface area contributed by atoms with Gasteiger partial charge < -0.3 is 10.1 Å². The van der Waals surface area contributed by atoms with Crippen LogP contribution in [0.1, 0.15) is 38.1 Å². The number of ether oxygens (including phenoxy) is 1. The zero-order valence-electron chi connectivity index (χ0n) is 18.0. The molecule has 2 rings (SSSR count). The summed E-state index contributed by atoms with van der Waals surface area (Å²) in [6, 6.07) is 13.0. The van der Waals surface area contributed by atoms with Crippen molar-refractivity contribution in [3.05, 3.63) is 54.1 Å². The Morgan fingerprint density at radius 1 is 1.03 bits per heavy atom. The van der Waals surface area contributed by atoms with Gasteiger partial charge >= 0.3 is 0 Å². The molecule has 0 aliphatic heterocycles. The van der Waals surface area contributed by atoms with E-state index in [0.29, 0.717) is 36.2 Å². The minimum atomic E-state index is -3.75. The number of nitrogens with zero attached hydrogens (tertiary/aromatic N) is 1. The highest BCUT2D eigenvalue weighted by Crippen LogP contribution is 2.20. The van der Waals surface area contributed by atoms with Crippen molar-refractivity contribution in [1.29, 1.82) is 0 Å². The van der Waals surface area contributed by atoms with Crippen LogP contribution >= 0.6 is 0 Å². The molecule has 0 saturated heterocycles. The van der Waals surface area contributed by atoms with Gasteiger partial charge in [0.2, 0.25) is 0 Å². The van der Waals surface area contributed by atoms with E-state index in [1.807, 2.05) is 6.92 Å². The van der Waals surface area contributed by atoms with Crippen LogP contribution in [0.5, 0.6) is 5.75 Å². The molecule has 8 heteroatoms. The van der Waals surface area contributed by atoms with Gasteiger partial charge in [0.15, 0.2) is 0 Å². The van der Waals surface area contributed by atoms with Gasteiger partial charge in [-0.2, -0.15) is 0 Å². The predicted molar refractivity (Wildman–Crippen MR) is 120 cm³/mol. The number of hydrogen-bond donors (Lipinski definition) is 2. The first-order valence-corrected chi connectivity index (χ1v) is 11.6. The Balaban J connectivity index is 1.97. The van der Waals surface area contributed by atoms with Crippen molar-refractivity contribution in [2.75, 3.05) is 31.0 Å². The van der Waals surface area contributed by atoms with Crippen LogP contribution in [0, 0.1) is 0 Å². The van der Waals surface area contributed by atoms with E-state index >= 15 is 0 Å². The standard InChI is InChI=1S/C22H31N3O4S/c1-5-25(17(3)4)16-15-23-22(26)18-7-13-21(14-8-18)30(27,28)24-19-9-11-20(12-10-19)29-6-2/h7-14,17,24H,5-6,15-16H2,1-4H3,(H,23,26). The largest absolute Gasteiger partial charge is 0.494 e. The molecule has 2 aromatic carbocycles. The van der Waals surface area contributed by atoms with Gasteiger partial charge in [0, 0.05) is 30.4 Å². The molecule has 0 atom stereocenters. The van der Waals surface area contributed by atoms with Crippen molar-refractivity contribution in [3.63, 3.8) is 0 Å². The normalized spacial score (nSPS) is 11.5. The molecule has 2 aromatic rings. The molecule has 2 N–H and O–H groups in total. The highest BCUT2D eigenvalue weighted by molar-refractivity contribution is 7.92. The molecule has 164 valence electrons. The van der Waals surface area contributed by atoms with Crippen LogP contribution in [-0.2, 0) is 10.0 Å². The molecule has 0 aromatic heterocycles. The van der Waals surface area contributed by atoms with Crippen LogP contribution in [0.4, 0.5) is 5.69 Å². The Kier molecular flexibility index (Phi) is 8.68. The third kappa shape index (κ3) is 6.74. The van der Waals surface area contributed by atoms with Gasteiger partial charge in [-0.05, 0) is 75.8 Å². The Morgan fingerprint density at radius 2 is 1.67 bits per heavy atom. The fourth-order valence-corrected chi connectivity index (χ4v) is 4.04. The van der Waals surface area contributed by atoms with Crippen molar-refractivity contribution in [2.45, 2.75) is 38.6 Å². The van der Waals surface area contributed by atoms with E-state index in [1.165, 1.54) is 24.3 Å². The van der Waals surface area contributed by atoms with Crippen molar-refractivity contribution < 1.29 is 17.9 Å². The number of amides is 1. The number of likely N-dealkylation sites (N-methyl/N-ethyl adjacent to an activating group) is 1. The first-order chi connectivity index (χ1) is 14.3. The quantitative estimate of drug-likeness (QED) is 0.567. The van der Waals surface area contributed by atoms with Crippen molar-refractivity contribution in [1.82, 2.24) is 10.2 Å². The minimum Gasteiger partial charge on any atom is -0.494 e. The second-order valence-corrected chi connectivity index (χ2v) is 8.75. The van der Waals surface area contributed by atoms with Crippen LogP contribution in [0.2, 0.25) is 0 Å². The summed E-state index contributed by atoms with van der Waals surface area (Å²) in [6.07, 6.45) is 0. The first-order valence-electron chi connectivity index (χ1n) is 10.1. The van der Waals surface area contributed by atoms with Gasteiger partial charge in [-0.1, -0.05) is 6.92 Å². The molecule has 0 aliphatic carbocycles. The van der Waals surface area contributed by atoms with E-state index in [2.05, 4.69) is 35.7 Å². The van der Waals surface area contributed by atoms with Crippen LogP contribution in [0.3, 0.4) is 0 Å². The van der Waals surface area contributed by atoms with E-state index in [4.69, 9.17) is 4.74 Å². The van der Waals surface area contributed by atoms with Crippen molar-refractivity contribution >= 4 is 21.6 Å². The second-order valence-electron chi connectivity index (χ2n) is 7.07. The number of nitrogens with one attached hydrogen (secondary N) is 2. The van der Waals surface area contributed by atoms with Gasteiger partial charge in [0.1, 0.15) is 5.75 Å². The number of carbonyl (C=O) groups is 1. The summed E-state index contributed by atoms with van der Waals surface area (Å²) < 4.78 is 33.1. The van der Waals surface area contributed by atoms with E-state index < -0.39 is 10.0 Å². The maximum absolute atomic E-state index is 12.6. The maximum atomic E-state index is 12.6. The number of carbonyl (C=O) groups excluding carboxylic acids is 1. The lowest BCUT2D eigenvalue weighted by Crippen LogP contribution is -2.38. The Hall–Kier alpha value is -2.58. The topological polar surface area (TPSA) is 87.7 Å². The SMILES string of the molecule is CCOc1ccc(NS(=O)(=O)c2ccc(C(=O)NCCN(CC)C(C)C)cc2)cc1. The molecule has 0 radical (unpaired) electrons. The van der Waals surface area contributed by atoms with E-state index in [0.717, 1.165) is 13.1 Å². The molecular weight excluding hydrogens is 402 g/mol. The number of anilines is 1. The summed E-state index contributed by atoms with van der Waals surface area (Å²) in [5.74, 6) is 0.449. The predicted octanol–water partition coefficient (Wildman–Crippen LogP) is 3.35. The summed E-state index contributed by atoms with van der Waals surface area (Å²) in [7, 11) is -3.75. The van der Waals surface area contributed by atoms with Crippen molar-refractivity contribution in [2.24, 2.45) is 0 Å². The summed E-state index contributed by atoms with van der Waals surface area (Å²) >= 11 is 0. The third-order valence-electron chi connectivity index (χ3n) is 4.67. The van der Waals surface area contributed by atoms with E-state index in [-0.39, 0.29) is 10.8 Å². The molecule has 7 nitrogen and oxygen atoms in total. The Bertz CT molecular complexity index is 910. The number of sulfonamides is 1. The average molecular weight is 434 g/mol. The number of hydrogen-bond acceptors (Lipinski definition) is 5. The molecule has 0 heterocycles. The number of rotatable bonds is 11. The van der Waals surface area contributed by atoms with E-state index in [9.17, 15) is 13.2 Å². The first kappa shape index (κ1) is 23.7. The van der Waals surface area contributed by atoms with Crippen LogP contribution in [0.15, 0.2) is 53.4 Å². The lowest BCUT2D eigenvalue weighted by atomic mass is 10.2. The van der Waals surface area contributed by atoms with Gasteiger partial charge in [0.25, 0.3) is 15.9 Å². The second kappa shape index (κ2) is 11.0. The van der Waals surface area contributed by atoms with Gasteiger partial charge in [0.05, 0.1) is 11.5 Å². The van der Waals surface area contributed by atoms with E-state index in [1.54, 1.807) is 24.3 Å². The van der Waals surface area contributed by atoms with Gasteiger partial charge in [-0.25, -0.2) is 8.42 Å². The summed E-state index contributed by atoms with van der Waals surface area (Å²) in [5, 5.41) is 2.87. The monoisotopic (exact) mass is 433 g/mol. The average Bonchev–Trinajstić information content (AvgIpc) is 2.72. The van der Waals surface area contributed by atoms with Crippen LogP contribution in [0.25, 0.3) is 0 Å². The van der Waals surface area contributed by atoms with Gasteiger partial charge in [-0.3, -0.25) is 14.4 Å². The molecular formula is C22H31N3O4S. The zero-order valence-corrected chi connectivity index (χ0v) is 18.8. The smallest absolute Gasteiger partial charge is 0.261 e. The zero-order chi connectivity index (χ0) is 22.1. The Labute approximate surface area is 179 Å². The minimum absolute atomic E-state index is 0.0879. The fourth-order valence-electron chi connectivity index (χ4n) is 2.98. The Morgan fingerprint density at radius 3 is 2.20 bits per heavy atom. The number of benzene rings is 2. The third-order valence-corrected chi connectivity index (χ3v) is 6.06. The molecule has 0 saturated carbocycles. The lowest BCUT2D eigenvalue weighted by molar-refractivity contribution is 0.0945. The summed E-state index contributed by atoms with van der Waals surface area (Å²) in [4.78, 5) is 14.7. The van der Waals surface area contributed by atoms with Crippen LogP contribution in [-0.4, -0.2) is 51.5 Å². The highest BCUT2D eigenvalue weighted by atomic mass is 32.2. The molecule has 0 unspecified atom stereocenters. The molecule has 1 amide bonds. The molecule has 0 aliphatic rings. The summed E-state index contributed by atoms with van der Waals surface area (Å²) in [5.41, 5.74) is 0.855. The van der Waals surface area contributed by atoms with Gasteiger partial charge in [-0.15, -0.1) is 0 Å².